The number of aryl methyl sites for hydroxylation is 3. The molecule has 3 N–H and O–H groups in total. The van der Waals surface area contributed by atoms with Gasteiger partial charge in [-0.2, -0.15) is 5.10 Å². The molecule has 4 rings (SSSR count). The molecule has 2 aromatic heterocycles. The predicted octanol–water partition coefficient (Wildman–Crippen LogP) is 3.77. The van der Waals surface area contributed by atoms with Crippen LogP contribution in [0.5, 0.6) is 0 Å². The molecule has 0 atom stereocenters. The van der Waals surface area contributed by atoms with Gasteiger partial charge in [-0.1, -0.05) is 30.3 Å². The molecule has 0 aliphatic rings. The van der Waals surface area contributed by atoms with Crippen LogP contribution < -0.4 is 11.1 Å². The van der Waals surface area contributed by atoms with E-state index < -0.39 is 0 Å². The highest BCUT2D eigenvalue weighted by molar-refractivity contribution is 5.87. The summed E-state index contributed by atoms with van der Waals surface area (Å²) in [6.07, 6.45) is 2.74. The van der Waals surface area contributed by atoms with Crippen LogP contribution in [0, 0.1) is 6.92 Å². The first-order valence-electron chi connectivity index (χ1n) is 10.00. The maximum Gasteiger partial charge on any atom is 0.220 e. The molecule has 30 heavy (non-hydrogen) atoms. The van der Waals surface area contributed by atoms with E-state index in [4.69, 9.17) is 5.73 Å². The normalized spacial score (nSPS) is 11.0. The van der Waals surface area contributed by atoms with Crippen molar-refractivity contribution in [2.45, 2.75) is 26.3 Å². The number of aromatic nitrogens is 3. The molecule has 0 saturated heterocycles. The van der Waals surface area contributed by atoms with Gasteiger partial charge in [-0.15, -0.1) is 0 Å². The summed E-state index contributed by atoms with van der Waals surface area (Å²) >= 11 is 0. The number of benzene rings is 2. The summed E-state index contributed by atoms with van der Waals surface area (Å²) in [6, 6.07) is 18.4. The number of nitrogen functional groups attached to an aromatic ring is 1. The molecule has 0 unspecified atom stereocenters. The van der Waals surface area contributed by atoms with Gasteiger partial charge in [-0.05, 0) is 59.9 Å². The number of fused-ring (bicyclic) bond motifs is 1. The van der Waals surface area contributed by atoms with E-state index >= 15 is 0 Å². The van der Waals surface area contributed by atoms with E-state index in [-0.39, 0.29) is 5.91 Å². The van der Waals surface area contributed by atoms with Gasteiger partial charge in [-0.3, -0.25) is 9.48 Å². The van der Waals surface area contributed by atoms with Crippen molar-refractivity contribution in [1.82, 2.24) is 20.1 Å². The number of rotatable bonds is 6. The van der Waals surface area contributed by atoms with Crippen LogP contribution >= 0.6 is 0 Å². The summed E-state index contributed by atoms with van der Waals surface area (Å²) in [4.78, 5) is 16.8. The zero-order valence-corrected chi connectivity index (χ0v) is 17.2. The minimum Gasteiger partial charge on any atom is -0.383 e. The number of anilines is 1. The van der Waals surface area contributed by atoms with Gasteiger partial charge in [0, 0.05) is 25.1 Å². The number of hydrogen-bond donors (Lipinski definition) is 2. The van der Waals surface area contributed by atoms with Gasteiger partial charge in [-0.25, -0.2) is 4.98 Å². The van der Waals surface area contributed by atoms with Gasteiger partial charge in [0.1, 0.15) is 5.82 Å². The minimum atomic E-state index is -0.0335. The maximum atomic E-state index is 12.2. The third kappa shape index (κ3) is 4.33. The highest BCUT2D eigenvalue weighted by Gasteiger charge is 2.10. The smallest absolute Gasteiger partial charge is 0.220 e. The fourth-order valence-corrected chi connectivity index (χ4v) is 3.58. The van der Waals surface area contributed by atoms with Gasteiger partial charge in [0.15, 0.2) is 0 Å². The van der Waals surface area contributed by atoms with Crippen LogP contribution in [0.1, 0.15) is 23.2 Å². The number of nitrogens with two attached hydrogens (primary N) is 1. The van der Waals surface area contributed by atoms with E-state index in [2.05, 4.69) is 46.6 Å². The van der Waals surface area contributed by atoms with Gasteiger partial charge < -0.3 is 11.1 Å². The van der Waals surface area contributed by atoms with E-state index in [1.165, 1.54) is 11.1 Å². The van der Waals surface area contributed by atoms with E-state index in [1.807, 2.05) is 43.6 Å². The molecule has 0 spiro atoms. The van der Waals surface area contributed by atoms with Crippen molar-refractivity contribution in [1.29, 1.82) is 0 Å². The Morgan fingerprint density at radius 1 is 1.13 bits per heavy atom. The monoisotopic (exact) mass is 399 g/mol. The molecule has 2 aromatic carbocycles. The Balaban J connectivity index is 1.48. The van der Waals surface area contributed by atoms with Gasteiger partial charge >= 0.3 is 0 Å². The summed E-state index contributed by atoms with van der Waals surface area (Å²) in [6.45, 7) is 2.53. The van der Waals surface area contributed by atoms with Crippen LogP contribution in [-0.4, -0.2) is 20.7 Å². The van der Waals surface area contributed by atoms with Crippen molar-refractivity contribution in [3.63, 3.8) is 0 Å². The summed E-state index contributed by atoms with van der Waals surface area (Å²) in [5.74, 6) is 0.442. The number of pyridine rings is 1. The van der Waals surface area contributed by atoms with Crippen LogP contribution in [0.3, 0.4) is 0 Å². The Bertz CT molecular complexity index is 1210. The molecule has 0 radical (unpaired) electrons. The average Bonchev–Trinajstić information content (AvgIpc) is 3.16. The molecular formula is C24H25N5O. The van der Waals surface area contributed by atoms with Crippen molar-refractivity contribution >= 4 is 22.6 Å². The summed E-state index contributed by atoms with van der Waals surface area (Å²) in [5.41, 5.74) is 12.3. The second-order valence-corrected chi connectivity index (χ2v) is 7.51. The molecule has 0 aliphatic carbocycles. The molecule has 0 bridgehead atoms. The second-order valence-electron chi connectivity index (χ2n) is 7.51. The number of nitrogens with one attached hydrogen (secondary N) is 1. The fraction of sp³-hybridized carbons (Fsp3) is 0.208. The Hall–Kier alpha value is -3.67. The van der Waals surface area contributed by atoms with E-state index in [1.54, 1.807) is 4.68 Å². The lowest BCUT2D eigenvalue weighted by atomic mass is 9.98. The quantitative estimate of drug-likeness (QED) is 0.517. The van der Waals surface area contributed by atoms with Gasteiger partial charge in [0.2, 0.25) is 5.91 Å². The molecule has 0 aliphatic heterocycles. The third-order valence-electron chi connectivity index (χ3n) is 5.24. The molecule has 152 valence electrons. The molecule has 0 saturated carbocycles. The Labute approximate surface area is 175 Å². The van der Waals surface area contributed by atoms with Crippen molar-refractivity contribution in [3.8, 4) is 11.1 Å². The third-order valence-corrected chi connectivity index (χ3v) is 5.24. The second kappa shape index (κ2) is 8.37. The molecular weight excluding hydrogens is 374 g/mol. The molecule has 6 nitrogen and oxygen atoms in total. The van der Waals surface area contributed by atoms with Crippen molar-refractivity contribution in [3.05, 3.63) is 77.6 Å². The van der Waals surface area contributed by atoms with Crippen molar-refractivity contribution < 1.29 is 4.79 Å². The van der Waals surface area contributed by atoms with Crippen LogP contribution in [0.2, 0.25) is 0 Å². The Morgan fingerprint density at radius 2 is 1.97 bits per heavy atom. The van der Waals surface area contributed by atoms with Crippen molar-refractivity contribution in [2.24, 2.45) is 7.05 Å². The highest BCUT2D eigenvalue weighted by Crippen LogP contribution is 2.28. The molecule has 1 amide bonds. The first-order valence-corrected chi connectivity index (χ1v) is 10.00. The van der Waals surface area contributed by atoms with Crippen LogP contribution in [0.15, 0.2) is 60.8 Å². The molecule has 0 fully saturated rings. The number of nitrogens with zero attached hydrogens (tertiary/aromatic N) is 3. The zero-order chi connectivity index (χ0) is 21.1. The van der Waals surface area contributed by atoms with Crippen LogP contribution in [0.25, 0.3) is 22.0 Å². The Kier molecular flexibility index (Phi) is 5.48. The van der Waals surface area contributed by atoms with Crippen molar-refractivity contribution in [2.75, 3.05) is 5.73 Å². The lowest BCUT2D eigenvalue weighted by Gasteiger charge is -2.10. The maximum absolute atomic E-state index is 12.2. The Morgan fingerprint density at radius 3 is 2.73 bits per heavy atom. The van der Waals surface area contributed by atoms with E-state index in [9.17, 15) is 4.79 Å². The van der Waals surface area contributed by atoms with E-state index in [0.29, 0.717) is 25.2 Å². The molecule has 6 heteroatoms. The predicted molar refractivity (Wildman–Crippen MR) is 120 cm³/mol. The number of amides is 1. The first kappa shape index (κ1) is 19.6. The fourth-order valence-electron chi connectivity index (χ4n) is 3.58. The molecule has 2 heterocycles. The summed E-state index contributed by atoms with van der Waals surface area (Å²) in [7, 11) is 1.85. The molecule has 4 aromatic rings. The topological polar surface area (TPSA) is 85.8 Å². The number of hydrogen-bond acceptors (Lipinski definition) is 4. The highest BCUT2D eigenvalue weighted by atomic mass is 16.1. The lowest BCUT2D eigenvalue weighted by molar-refractivity contribution is -0.121. The summed E-state index contributed by atoms with van der Waals surface area (Å²) < 4.78 is 1.72. The zero-order valence-electron chi connectivity index (χ0n) is 17.2. The van der Waals surface area contributed by atoms with Crippen LogP contribution in [-0.2, 0) is 24.8 Å². The SMILES string of the molecule is Cc1ccccc1-c1ccc2nc(N)c(CCC(=O)NCc3ccn(C)n3)cc2c1. The standard InChI is InChI=1S/C24H25N5O/c1-16-5-3-4-6-21(16)17-7-9-22-19(13-17)14-18(24(25)27-22)8-10-23(30)26-15-20-11-12-29(2)28-20/h3-7,9,11-14H,8,10,15H2,1-2H3,(H2,25,27)(H,26,30). The summed E-state index contributed by atoms with van der Waals surface area (Å²) in [5, 5.41) is 8.18. The minimum absolute atomic E-state index is 0.0335. The largest absolute Gasteiger partial charge is 0.383 e. The number of carbonyl (C=O) groups excluding carboxylic acids is 1. The first-order chi connectivity index (χ1) is 14.5. The van der Waals surface area contributed by atoms with Crippen LogP contribution in [0.4, 0.5) is 5.82 Å². The van der Waals surface area contributed by atoms with E-state index in [0.717, 1.165) is 27.7 Å². The van der Waals surface area contributed by atoms with Gasteiger partial charge in [0.25, 0.3) is 0 Å². The average molecular weight is 399 g/mol. The van der Waals surface area contributed by atoms with Gasteiger partial charge in [0.05, 0.1) is 17.8 Å². The lowest BCUT2D eigenvalue weighted by Crippen LogP contribution is -2.23. The number of carbonyl (C=O) groups is 1.